The molecule has 3 N–H and O–H groups in total. The Morgan fingerprint density at radius 2 is 2.04 bits per heavy atom. The van der Waals surface area contributed by atoms with E-state index in [9.17, 15) is 9.59 Å². The molecule has 1 heterocycles. The standard InChI is InChI=1S/C19H33N5O2/c1-14(2)17(20)9-10-23(3)19(26)15-11-21-24(12-15)13-18(25)22-16-7-5-4-6-8-16/h11-12,14,16-17H,4-10,13,20H2,1-3H3,(H,22,25). The number of rotatable bonds is 8. The molecule has 1 aromatic heterocycles. The zero-order valence-electron chi connectivity index (χ0n) is 16.3. The Labute approximate surface area is 156 Å². The van der Waals surface area contributed by atoms with Gasteiger partial charge >= 0.3 is 0 Å². The number of hydrogen-bond donors (Lipinski definition) is 2. The summed E-state index contributed by atoms with van der Waals surface area (Å²) in [7, 11) is 1.77. The highest BCUT2D eigenvalue weighted by molar-refractivity contribution is 5.93. The minimum Gasteiger partial charge on any atom is -0.352 e. The summed E-state index contributed by atoms with van der Waals surface area (Å²) in [5.41, 5.74) is 6.54. The van der Waals surface area contributed by atoms with E-state index >= 15 is 0 Å². The molecule has 1 fully saturated rings. The third-order valence-electron chi connectivity index (χ3n) is 5.16. The van der Waals surface area contributed by atoms with Crippen LogP contribution in [0.2, 0.25) is 0 Å². The van der Waals surface area contributed by atoms with Crippen LogP contribution in [0.3, 0.4) is 0 Å². The summed E-state index contributed by atoms with van der Waals surface area (Å²) >= 11 is 0. The SMILES string of the molecule is CC(C)C(N)CCN(C)C(=O)c1cnn(CC(=O)NC2CCCCC2)c1. The predicted octanol–water partition coefficient (Wildman–Crippen LogP) is 1.78. The molecule has 0 saturated heterocycles. The predicted molar refractivity (Wildman–Crippen MR) is 102 cm³/mol. The van der Waals surface area contributed by atoms with Gasteiger partial charge in [0.1, 0.15) is 6.54 Å². The van der Waals surface area contributed by atoms with Crippen LogP contribution in [0.5, 0.6) is 0 Å². The van der Waals surface area contributed by atoms with Gasteiger partial charge in [-0.25, -0.2) is 0 Å². The lowest BCUT2D eigenvalue weighted by atomic mass is 9.95. The van der Waals surface area contributed by atoms with E-state index in [1.54, 1.807) is 18.1 Å². The second-order valence-corrected chi connectivity index (χ2v) is 7.75. The van der Waals surface area contributed by atoms with Crippen LogP contribution in [0.4, 0.5) is 0 Å². The Bertz CT molecular complexity index is 593. The van der Waals surface area contributed by atoms with Crippen LogP contribution in [-0.4, -0.2) is 52.2 Å². The van der Waals surface area contributed by atoms with Gasteiger partial charge in [0.25, 0.3) is 5.91 Å². The van der Waals surface area contributed by atoms with Crippen LogP contribution in [0.25, 0.3) is 0 Å². The fraction of sp³-hybridized carbons (Fsp3) is 0.737. The molecule has 1 unspecified atom stereocenters. The molecule has 1 atom stereocenters. The average molecular weight is 364 g/mol. The smallest absolute Gasteiger partial charge is 0.256 e. The summed E-state index contributed by atoms with van der Waals surface area (Å²) in [6.07, 6.45) is 9.65. The van der Waals surface area contributed by atoms with Gasteiger partial charge in [0, 0.05) is 31.9 Å². The molecule has 1 aliphatic carbocycles. The van der Waals surface area contributed by atoms with Gasteiger partial charge in [0.2, 0.25) is 5.91 Å². The minimum atomic E-state index is -0.0973. The second-order valence-electron chi connectivity index (χ2n) is 7.75. The van der Waals surface area contributed by atoms with Gasteiger partial charge in [-0.1, -0.05) is 33.1 Å². The first-order valence-corrected chi connectivity index (χ1v) is 9.69. The lowest BCUT2D eigenvalue weighted by molar-refractivity contribution is -0.122. The summed E-state index contributed by atoms with van der Waals surface area (Å²) < 4.78 is 1.53. The van der Waals surface area contributed by atoms with Gasteiger partial charge in [0.05, 0.1) is 11.8 Å². The number of nitrogens with zero attached hydrogens (tertiary/aromatic N) is 3. The van der Waals surface area contributed by atoms with Crippen LogP contribution >= 0.6 is 0 Å². The van der Waals surface area contributed by atoms with Crippen LogP contribution in [-0.2, 0) is 11.3 Å². The van der Waals surface area contributed by atoms with Crippen molar-refractivity contribution in [3.8, 4) is 0 Å². The first kappa shape index (κ1) is 20.4. The number of carbonyl (C=O) groups excluding carboxylic acids is 2. The number of carbonyl (C=O) groups is 2. The molecule has 7 nitrogen and oxygen atoms in total. The van der Waals surface area contributed by atoms with Crippen molar-refractivity contribution in [1.29, 1.82) is 0 Å². The van der Waals surface area contributed by atoms with Crippen molar-refractivity contribution in [2.75, 3.05) is 13.6 Å². The summed E-state index contributed by atoms with van der Waals surface area (Å²) in [5, 5.41) is 7.22. The first-order valence-electron chi connectivity index (χ1n) is 9.69. The Hall–Kier alpha value is -1.89. The molecule has 0 radical (unpaired) electrons. The fourth-order valence-electron chi connectivity index (χ4n) is 3.23. The van der Waals surface area contributed by atoms with Crippen molar-refractivity contribution in [2.24, 2.45) is 11.7 Å². The highest BCUT2D eigenvalue weighted by atomic mass is 16.2. The molecule has 1 aliphatic rings. The highest BCUT2D eigenvalue weighted by Crippen LogP contribution is 2.17. The van der Waals surface area contributed by atoms with Crippen molar-refractivity contribution < 1.29 is 9.59 Å². The van der Waals surface area contributed by atoms with E-state index in [1.807, 2.05) is 0 Å². The van der Waals surface area contributed by atoms with Gasteiger partial charge in [-0.3, -0.25) is 14.3 Å². The molecule has 0 aliphatic heterocycles. The van der Waals surface area contributed by atoms with Crippen LogP contribution in [0.15, 0.2) is 12.4 Å². The number of hydrogen-bond acceptors (Lipinski definition) is 4. The molecule has 2 amide bonds. The van der Waals surface area contributed by atoms with Gasteiger partial charge in [-0.2, -0.15) is 5.10 Å². The Morgan fingerprint density at radius 1 is 1.35 bits per heavy atom. The van der Waals surface area contributed by atoms with Crippen LogP contribution in [0, 0.1) is 5.92 Å². The number of nitrogens with one attached hydrogen (secondary N) is 1. The van der Waals surface area contributed by atoms with Crippen molar-refractivity contribution in [3.05, 3.63) is 18.0 Å². The third kappa shape index (κ3) is 6.12. The van der Waals surface area contributed by atoms with Gasteiger partial charge in [0.15, 0.2) is 0 Å². The Kier molecular flexibility index (Phi) is 7.63. The minimum absolute atomic E-state index is 0.0461. The van der Waals surface area contributed by atoms with Crippen molar-refractivity contribution in [1.82, 2.24) is 20.0 Å². The van der Waals surface area contributed by atoms with E-state index in [2.05, 4.69) is 24.3 Å². The third-order valence-corrected chi connectivity index (χ3v) is 5.16. The second kappa shape index (κ2) is 9.71. The lowest BCUT2D eigenvalue weighted by Gasteiger charge is -2.22. The maximum atomic E-state index is 12.5. The quantitative estimate of drug-likeness (QED) is 0.736. The van der Waals surface area contributed by atoms with Crippen LogP contribution in [0.1, 0.15) is 62.7 Å². The van der Waals surface area contributed by atoms with E-state index in [0.717, 1.165) is 19.3 Å². The maximum absolute atomic E-state index is 12.5. The number of nitrogens with two attached hydrogens (primary N) is 1. The fourth-order valence-corrected chi connectivity index (χ4v) is 3.23. The molecule has 2 rings (SSSR count). The van der Waals surface area contributed by atoms with E-state index in [-0.39, 0.29) is 30.4 Å². The summed E-state index contributed by atoms with van der Waals surface area (Å²) in [6.45, 7) is 4.90. The molecule has 0 spiro atoms. The van der Waals surface area contributed by atoms with E-state index in [0.29, 0.717) is 18.0 Å². The average Bonchev–Trinajstić information content (AvgIpc) is 3.07. The molecule has 146 valence electrons. The van der Waals surface area contributed by atoms with Crippen LogP contribution < -0.4 is 11.1 Å². The molecule has 26 heavy (non-hydrogen) atoms. The maximum Gasteiger partial charge on any atom is 0.256 e. The summed E-state index contributed by atoms with van der Waals surface area (Å²) in [5.74, 6) is 0.249. The number of amides is 2. The van der Waals surface area contributed by atoms with Crippen molar-refractivity contribution in [2.45, 2.75) is 71.0 Å². The zero-order chi connectivity index (χ0) is 19.1. The largest absolute Gasteiger partial charge is 0.352 e. The van der Waals surface area contributed by atoms with Gasteiger partial charge in [-0.05, 0) is 25.2 Å². The molecule has 0 aromatic carbocycles. The van der Waals surface area contributed by atoms with E-state index in [4.69, 9.17) is 5.73 Å². The van der Waals surface area contributed by atoms with E-state index < -0.39 is 0 Å². The molecule has 1 saturated carbocycles. The molecule has 1 aromatic rings. The molecule has 0 bridgehead atoms. The van der Waals surface area contributed by atoms with Crippen molar-refractivity contribution >= 4 is 11.8 Å². The van der Waals surface area contributed by atoms with Gasteiger partial charge < -0.3 is 16.0 Å². The normalized spacial score (nSPS) is 16.5. The summed E-state index contributed by atoms with van der Waals surface area (Å²) in [6, 6.07) is 0.362. The highest BCUT2D eigenvalue weighted by Gasteiger charge is 2.18. The Balaban J connectivity index is 1.81. The van der Waals surface area contributed by atoms with Crippen molar-refractivity contribution in [3.63, 3.8) is 0 Å². The van der Waals surface area contributed by atoms with E-state index in [1.165, 1.54) is 30.1 Å². The molecule has 7 heteroatoms. The van der Waals surface area contributed by atoms with Gasteiger partial charge in [-0.15, -0.1) is 0 Å². The monoisotopic (exact) mass is 363 g/mol. The summed E-state index contributed by atoms with van der Waals surface area (Å²) in [4.78, 5) is 26.3. The topological polar surface area (TPSA) is 93.2 Å². The first-order chi connectivity index (χ1) is 12.4. The lowest BCUT2D eigenvalue weighted by Crippen LogP contribution is -2.38. The molecular weight excluding hydrogens is 330 g/mol. The molecular formula is C19H33N5O2. The Morgan fingerprint density at radius 3 is 2.69 bits per heavy atom. The zero-order valence-corrected chi connectivity index (χ0v) is 16.3. The number of aromatic nitrogens is 2.